The molecule has 0 saturated heterocycles. The first-order chi connectivity index (χ1) is 12.7. The van der Waals surface area contributed by atoms with E-state index in [1.54, 1.807) is 23.3 Å². The molecular weight excluding hydrogens is 442 g/mol. The van der Waals surface area contributed by atoms with Crippen LogP contribution in [0.4, 0.5) is 4.79 Å². The highest BCUT2D eigenvalue weighted by molar-refractivity contribution is 9.10. The summed E-state index contributed by atoms with van der Waals surface area (Å²) in [7, 11) is 0.581. The molecule has 1 amide bonds. The van der Waals surface area contributed by atoms with Crippen molar-refractivity contribution in [3.8, 4) is 5.75 Å². The molecule has 0 aliphatic rings. The summed E-state index contributed by atoms with van der Waals surface area (Å²) in [6.07, 6.45) is 0.337. The first-order valence-corrected chi connectivity index (χ1v) is 14.5. The average Bonchev–Trinajstić information content (AvgIpc) is 3.11. The summed E-state index contributed by atoms with van der Waals surface area (Å²) in [5.74, 6) is 0.808. The van der Waals surface area contributed by atoms with E-state index in [1.165, 1.54) is 0 Å². The van der Waals surface area contributed by atoms with E-state index in [4.69, 9.17) is 9.47 Å². The molecule has 0 spiro atoms. The van der Waals surface area contributed by atoms with Crippen LogP contribution in [0.25, 0.3) is 0 Å². The smallest absolute Gasteiger partial charge is 0.409 e. The van der Waals surface area contributed by atoms with E-state index in [-0.39, 0.29) is 12.2 Å². The molecule has 2 aromatic rings. The monoisotopic (exact) mass is 469 g/mol. The maximum atomic E-state index is 12.2. The van der Waals surface area contributed by atoms with Gasteiger partial charge in [0.15, 0.2) is 0 Å². The van der Waals surface area contributed by atoms with Gasteiger partial charge in [-0.25, -0.2) is 4.79 Å². The first kappa shape index (κ1) is 22.0. The number of carbonyl (C=O) groups excluding carboxylic acids is 1. The zero-order chi connectivity index (χ0) is 19.9. The maximum absolute atomic E-state index is 12.2. The SMILES string of the molecule is CN(CC[C@@H](Oc1cccc(Br)c1)c1cccs1)C(=O)OCC[Si](C)(C)C. The topological polar surface area (TPSA) is 38.8 Å². The lowest BCUT2D eigenvalue weighted by Crippen LogP contribution is -2.31. The second kappa shape index (κ2) is 10.3. The Kier molecular flexibility index (Phi) is 8.38. The average molecular weight is 471 g/mol. The van der Waals surface area contributed by atoms with Crippen molar-refractivity contribution in [2.24, 2.45) is 0 Å². The van der Waals surface area contributed by atoms with E-state index >= 15 is 0 Å². The number of carbonyl (C=O) groups is 1. The fourth-order valence-electron chi connectivity index (χ4n) is 2.40. The molecule has 0 radical (unpaired) electrons. The van der Waals surface area contributed by atoms with Gasteiger partial charge in [0.05, 0.1) is 6.61 Å². The molecule has 0 aliphatic heterocycles. The van der Waals surface area contributed by atoms with Gasteiger partial charge in [0.1, 0.15) is 11.9 Å². The second-order valence-corrected chi connectivity index (χ2v) is 15.2. The molecule has 1 aromatic carbocycles. The van der Waals surface area contributed by atoms with Gasteiger partial charge >= 0.3 is 6.09 Å². The van der Waals surface area contributed by atoms with Crippen LogP contribution in [-0.2, 0) is 4.74 Å². The molecule has 148 valence electrons. The van der Waals surface area contributed by atoms with E-state index in [1.807, 2.05) is 35.7 Å². The Morgan fingerprint density at radius 3 is 2.67 bits per heavy atom. The number of nitrogens with zero attached hydrogens (tertiary/aromatic N) is 1. The molecule has 0 N–H and O–H groups in total. The largest absolute Gasteiger partial charge is 0.485 e. The summed E-state index contributed by atoms with van der Waals surface area (Å²) in [6, 6.07) is 12.9. The summed E-state index contributed by atoms with van der Waals surface area (Å²) in [5, 5.41) is 2.04. The van der Waals surface area contributed by atoms with Crippen LogP contribution in [0.5, 0.6) is 5.75 Å². The fourth-order valence-corrected chi connectivity index (χ4v) is 4.28. The van der Waals surface area contributed by atoms with Gasteiger partial charge in [-0.1, -0.05) is 47.7 Å². The van der Waals surface area contributed by atoms with Crippen LogP contribution in [0.15, 0.2) is 46.3 Å². The van der Waals surface area contributed by atoms with Gasteiger partial charge in [-0.3, -0.25) is 0 Å². The minimum atomic E-state index is -1.20. The molecule has 1 atom stereocenters. The molecule has 0 fully saturated rings. The predicted octanol–water partition coefficient (Wildman–Crippen LogP) is 6.43. The zero-order valence-electron chi connectivity index (χ0n) is 16.4. The Morgan fingerprint density at radius 1 is 1.26 bits per heavy atom. The number of benzene rings is 1. The fraction of sp³-hybridized carbons (Fsp3) is 0.450. The van der Waals surface area contributed by atoms with E-state index < -0.39 is 8.07 Å². The van der Waals surface area contributed by atoms with Crippen LogP contribution in [0.2, 0.25) is 25.7 Å². The molecule has 0 aliphatic carbocycles. The van der Waals surface area contributed by atoms with E-state index in [0.29, 0.717) is 19.6 Å². The van der Waals surface area contributed by atoms with E-state index in [0.717, 1.165) is 21.1 Å². The maximum Gasteiger partial charge on any atom is 0.409 e. The van der Waals surface area contributed by atoms with Gasteiger partial charge < -0.3 is 14.4 Å². The number of halogens is 1. The van der Waals surface area contributed by atoms with Crippen LogP contribution < -0.4 is 4.74 Å². The number of ether oxygens (including phenoxy) is 2. The van der Waals surface area contributed by atoms with Crippen LogP contribution in [0.3, 0.4) is 0 Å². The lowest BCUT2D eigenvalue weighted by Gasteiger charge is -2.23. The molecule has 0 saturated carbocycles. The number of rotatable bonds is 9. The Labute approximate surface area is 175 Å². The summed E-state index contributed by atoms with van der Waals surface area (Å²) in [6.45, 7) is 7.89. The van der Waals surface area contributed by atoms with Crippen LogP contribution >= 0.6 is 27.3 Å². The highest BCUT2D eigenvalue weighted by Gasteiger charge is 2.19. The third kappa shape index (κ3) is 8.07. The highest BCUT2D eigenvalue weighted by Crippen LogP contribution is 2.29. The Morgan fingerprint density at radius 2 is 2.04 bits per heavy atom. The molecule has 1 heterocycles. The van der Waals surface area contributed by atoms with Crippen molar-refractivity contribution in [2.75, 3.05) is 20.2 Å². The summed E-state index contributed by atoms with van der Waals surface area (Å²) >= 11 is 5.14. The van der Waals surface area contributed by atoms with Gasteiger partial charge in [-0.15, -0.1) is 11.3 Å². The second-order valence-electron chi connectivity index (χ2n) is 7.71. The standard InChI is InChI=1S/C20H28BrNO3SSi/c1-22(20(23)24-12-14-27(2,3)4)11-10-18(19-9-6-13-26-19)25-17-8-5-7-16(21)15-17/h5-9,13,15,18H,10-12,14H2,1-4H3/t18-/m1/s1. The molecule has 0 unspecified atom stereocenters. The van der Waals surface area contributed by atoms with Gasteiger partial charge in [0.2, 0.25) is 0 Å². The molecule has 2 rings (SSSR count). The zero-order valence-corrected chi connectivity index (χ0v) is 19.8. The van der Waals surface area contributed by atoms with Crippen molar-refractivity contribution in [1.29, 1.82) is 0 Å². The third-order valence-corrected chi connectivity index (χ3v) is 7.21. The van der Waals surface area contributed by atoms with E-state index in [2.05, 4.69) is 41.6 Å². The third-order valence-electron chi connectivity index (χ3n) is 4.05. The molecular formula is C20H28BrNO3SSi. The van der Waals surface area contributed by atoms with Crippen molar-refractivity contribution in [1.82, 2.24) is 4.90 Å². The number of thiophene rings is 1. The van der Waals surface area contributed by atoms with Crippen LogP contribution in [0.1, 0.15) is 17.4 Å². The molecule has 1 aromatic heterocycles. The molecule has 0 bridgehead atoms. The van der Waals surface area contributed by atoms with E-state index in [9.17, 15) is 4.79 Å². The van der Waals surface area contributed by atoms with Gasteiger partial charge in [0, 0.05) is 37.4 Å². The minimum Gasteiger partial charge on any atom is -0.485 e. The minimum absolute atomic E-state index is 0.100. The number of amides is 1. The molecule has 4 nitrogen and oxygen atoms in total. The Balaban J connectivity index is 1.90. The van der Waals surface area contributed by atoms with Crippen LogP contribution in [0, 0.1) is 0 Å². The van der Waals surface area contributed by atoms with Crippen molar-refractivity contribution < 1.29 is 14.3 Å². The first-order valence-electron chi connectivity index (χ1n) is 9.08. The molecule has 27 heavy (non-hydrogen) atoms. The van der Waals surface area contributed by atoms with Crippen molar-refractivity contribution in [3.63, 3.8) is 0 Å². The Hall–Kier alpha value is -1.31. The van der Waals surface area contributed by atoms with Gasteiger partial charge in [-0.2, -0.15) is 0 Å². The predicted molar refractivity (Wildman–Crippen MR) is 119 cm³/mol. The lowest BCUT2D eigenvalue weighted by molar-refractivity contribution is 0.108. The van der Waals surface area contributed by atoms with Crippen LogP contribution in [-0.4, -0.2) is 39.3 Å². The van der Waals surface area contributed by atoms with Crippen molar-refractivity contribution in [2.45, 2.75) is 38.2 Å². The summed E-state index contributed by atoms with van der Waals surface area (Å²) < 4.78 is 12.6. The molecule has 7 heteroatoms. The normalized spacial score (nSPS) is 12.5. The lowest BCUT2D eigenvalue weighted by atomic mass is 10.2. The quantitative estimate of drug-likeness (QED) is 0.397. The number of hydrogen-bond donors (Lipinski definition) is 0. The van der Waals surface area contributed by atoms with Crippen molar-refractivity contribution >= 4 is 41.4 Å². The van der Waals surface area contributed by atoms with Gasteiger partial charge in [-0.05, 0) is 35.7 Å². The van der Waals surface area contributed by atoms with Gasteiger partial charge in [0.25, 0.3) is 0 Å². The summed E-state index contributed by atoms with van der Waals surface area (Å²) in [4.78, 5) is 15.0. The summed E-state index contributed by atoms with van der Waals surface area (Å²) in [5.41, 5.74) is 0. The Bertz CT molecular complexity index is 718. The van der Waals surface area contributed by atoms with Crippen molar-refractivity contribution in [3.05, 3.63) is 51.1 Å². The number of hydrogen-bond acceptors (Lipinski definition) is 4. The highest BCUT2D eigenvalue weighted by atomic mass is 79.9.